The second kappa shape index (κ2) is 5.85. The molecule has 1 heterocycles. The molecule has 1 aromatic heterocycles. The van der Waals surface area contributed by atoms with Crippen LogP contribution in [0.2, 0.25) is 0 Å². The average molecular weight is 220 g/mol. The normalized spacial score (nSPS) is 16.6. The molecular formula is C13H20N2O. The van der Waals surface area contributed by atoms with Gasteiger partial charge in [-0.15, -0.1) is 0 Å². The quantitative estimate of drug-likeness (QED) is 0.828. The van der Waals surface area contributed by atoms with Crippen LogP contribution in [0.15, 0.2) is 18.3 Å². The van der Waals surface area contributed by atoms with Crippen LogP contribution >= 0.6 is 0 Å². The van der Waals surface area contributed by atoms with Crippen molar-refractivity contribution >= 4 is 0 Å². The first-order valence-corrected chi connectivity index (χ1v) is 6.19. The fourth-order valence-corrected chi connectivity index (χ4v) is 2.15. The summed E-state index contributed by atoms with van der Waals surface area (Å²) in [6, 6.07) is 4.73. The SMILES string of the molecule is CCOc1ccc(CNC2CCCC2)nc1. The lowest BCUT2D eigenvalue weighted by atomic mass is 10.2. The minimum absolute atomic E-state index is 0.696. The Morgan fingerprint density at radius 1 is 1.38 bits per heavy atom. The molecule has 0 radical (unpaired) electrons. The standard InChI is InChI=1S/C13H20N2O/c1-2-16-13-8-7-12(15-10-13)9-14-11-5-3-4-6-11/h7-8,10-11,14H,2-6,9H2,1H3. The second-order valence-corrected chi connectivity index (χ2v) is 4.28. The molecule has 1 aliphatic rings. The fraction of sp³-hybridized carbons (Fsp3) is 0.615. The molecule has 2 rings (SSSR count). The molecule has 0 aliphatic heterocycles. The summed E-state index contributed by atoms with van der Waals surface area (Å²) in [5.41, 5.74) is 1.09. The van der Waals surface area contributed by atoms with Crippen LogP contribution in [0, 0.1) is 0 Å². The van der Waals surface area contributed by atoms with Crippen molar-refractivity contribution in [1.82, 2.24) is 10.3 Å². The van der Waals surface area contributed by atoms with Crippen LogP contribution < -0.4 is 10.1 Å². The number of nitrogens with one attached hydrogen (secondary N) is 1. The first-order valence-electron chi connectivity index (χ1n) is 6.19. The largest absolute Gasteiger partial charge is 0.492 e. The minimum atomic E-state index is 0.696. The molecular weight excluding hydrogens is 200 g/mol. The number of pyridine rings is 1. The van der Waals surface area contributed by atoms with E-state index < -0.39 is 0 Å². The van der Waals surface area contributed by atoms with E-state index in [9.17, 15) is 0 Å². The monoisotopic (exact) mass is 220 g/mol. The smallest absolute Gasteiger partial charge is 0.137 e. The molecule has 16 heavy (non-hydrogen) atoms. The molecule has 0 amide bonds. The Hall–Kier alpha value is -1.09. The maximum absolute atomic E-state index is 5.36. The second-order valence-electron chi connectivity index (χ2n) is 4.28. The van der Waals surface area contributed by atoms with Crippen molar-refractivity contribution in [3.63, 3.8) is 0 Å². The van der Waals surface area contributed by atoms with Crippen LogP contribution in [0.4, 0.5) is 0 Å². The van der Waals surface area contributed by atoms with Crippen LogP contribution in [0.3, 0.4) is 0 Å². The van der Waals surface area contributed by atoms with Crippen molar-refractivity contribution in [1.29, 1.82) is 0 Å². The molecule has 3 heteroatoms. The third kappa shape index (κ3) is 3.20. The molecule has 0 bridgehead atoms. The molecule has 1 aromatic rings. The van der Waals surface area contributed by atoms with E-state index in [1.54, 1.807) is 6.20 Å². The molecule has 0 aromatic carbocycles. The van der Waals surface area contributed by atoms with Crippen molar-refractivity contribution in [2.24, 2.45) is 0 Å². The van der Waals surface area contributed by atoms with Gasteiger partial charge in [0.2, 0.25) is 0 Å². The fourth-order valence-electron chi connectivity index (χ4n) is 2.15. The van der Waals surface area contributed by atoms with Crippen molar-refractivity contribution in [3.05, 3.63) is 24.0 Å². The molecule has 0 atom stereocenters. The van der Waals surface area contributed by atoms with E-state index in [0.29, 0.717) is 12.6 Å². The highest BCUT2D eigenvalue weighted by atomic mass is 16.5. The van der Waals surface area contributed by atoms with Crippen molar-refractivity contribution in [2.45, 2.75) is 45.2 Å². The molecule has 0 spiro atoms. The number of ether oxygens (including phenoxy) is 1. The Kier molecular flexibility index (Phi) is 4.17. The number of hydrogen-bond donors (Lipinski definition) is 1. The van der Waals surface area contributed by atoms with Crippen LogP contribution in [0.5, 0.6) is 5.75 Å². The average Bonchev–Trinajstić information content (AvgIpc) is 2.82. The number of rotatable bonds is 5. The van der Waals surface area contributed by atoms with Crippen molar-refractivity contribution < 1.29 is 4.74 Å². The van der Waals surface area contributed by atoms with E-state index in [0.717, 1.165) is 18.0 Å². The summed E-state index contributed by atoms with van der Waals surface area (Å²) < 4.78 is 5.36. The van der Waals surface area contributed by atoms with E-state index in [2.05, 4.69) is 10.3 Å². The Labute approximate surface area is 97.2 Å². The molecule has 88 valence electrons. The van der Waals surface area contributed by atoms with Gasteiger partial charge in [-0.05, 0) is 31.9 Å². The summed E-state index contributed by atoms with van der Waals surface area (Å²) in [5.74, 6) is 0.854. The van der Waals surface area contributed by atoms with Gasteiger partial charge < -0.3 is 10.1 Å². The number of hydrogen-bond acceptors (Lipinski definition) is 3. The minimum Gasteiger partial charge on any atom is -0.492 e. The zero-order valence-electron chi connectivity index (χ0n) is 9.91. The van der Waals surface area contributed by atoms with Gasteiger partial charge in [0.05, 0.1) is 18.5 Å². The highest BCUT2D eigenvalue weighted by molar-refractivity contribution is 5.19. The van der Waals surface area contributed by atoms with Crippen LogP contribution in [0.1, 0.15) is 38.3 Å². The topological polar surface area (TPSA) is 34.1 Å². The summed E-state index contributed by atoms with van der Waals surface area (Å²) in [4.78, 5) is 4.37. The Bertz CT molecular complexity index is 304. The van der Waals surface area contributed by atoms with Crippen molar-refractivity contribution in [3.8, 4) is 5.75 Å². The summed E-state index contributed by atoms with van der Waals surface area (Å²) in [6.07, 6.45) is 7.17. The first-order chi connectivity index (χ1) is 7.88. The van der Waals surface area contributed by atoms with E-state index >= 15 is 0 Å². The number of aromatic nitrogens is 1. The van der Waals surface area contributed by atoms with Gasteiger partial charge in [0.1, 0.15) is 5.75 Å². The maximum Gasteiger partial charge on any atom is 0.137 e. The summed E-state index contributed by atoms with van der Waals surface area (Å²) in [5, 5.41) is 3.55. The Morgan fingerprint density at radius 2 is 2.19 bits per heavy atom. The molecule has 0 unspecified atom stereocenters. The van der Waals surface area contributed by atoms with E-state index in [1.807, 2.05) is 19.1 Å². The van der Waals surface area contributed by atoms with Crippen LogP contribution in [-0.4, -0.2) is 17.6 Å². The highest BCUT2D eigenvalue weighted by Gasteiger charge is 2.13. The Morgan fingerprint density at radius 3 is 2.81 bits per heavy atom. The molecule has 1 saturated carbocycles. The predicted octanol–water partition coefficient (Wildman–Crippen LogP) is 2.51. The van der Waals surface area contributed by atoms with Crippen molar-refractivity contribution in [2.75, 3.05) is 6.61 Å². The lowest BCUT2D eigenvalue weighted by molar-refractivity contribution is 0.338. The highest BCUT2D eigenvalue weighted by Crippen LogP contribution is 2.18. The van der Waals surface area contributed by atoms with Gasteiger partial charge in [-0.25, -0.2) is 0 Å². The van der Waals surface area contributed by atoms with E-state index in [4.69, 9.17) is 4.74 Å². The third-order valence-corrected chi connectivity index (χ3v) is 3.04. The lowest BCUT2D eigenvalue weighted by Crippen LogP contribution is -2.25. The van der Waals surface area contributed by atoms with Gasteiger partial charge >= 0.3 is 0 Å². The summed E-state index contributed by atoms with van der Waals surface area (Å²) >= 11 is 0. The zero-order chi connectivity index (χ0) is 11.2. The maximum atomic E-state index is 5.36. The number of nitrogens with zero attached hydrogens (tertiary/aromatic N) is 1. The molecule has 1 fully saturated rings. The van der Waals surface area contributed by atoms with E-state index in [-0.39, 0.29) is 0 Å². The molecule has 1 N–H and O–H groups in total. The zero-order valence-corrected chi connectivity index (χ0v) is 9.91. The third-order valence-electron chi connectivity index (χ3n) is 3.04. The summed E-state index contributed by atoms with van der Waals surface area (Å²) in [6.45, 7) is 3.55. The van der Waals surface area contributed by atoms with Gasteiger partial charge in [0.15, 0.2) is 0 Å². The first kappa shape index (κ1) is 11.4. The molecule has 1 aliphatic carbocycles. The Balaban J connectivity index is 1.80. The van der Waals surface area contributed by atoms with Gasteiger partial charge in [-0.2, -0.15) is 0 Å². The van der Waals surface area contributed by atoms with Crippen LogP contribution in [-0.2, 0) is 6.54 Å². The van der Waals surface area contributed by atoms with Gasteiger partial charge in [0, 0.05) is 12.6 Å². The van der Waals surface area contributed by atoms with Crippen LogP contribution in [0.25, 0.3) is 0 Å². The summed E-state index contributed by atoms with van der Waals surface area (Å²) in [7, 11) is 0. The van der Waals surface area contributed by atoms with Gasteiger partial charge in [-0.3, -0.25) is 4.98 Å². The molecule has 0 saturated heterocycles. The molecule has 3 nitrogen and oxygen atoms in total. The lowest BCUT2D eigenvalue weighted by Gasteiger charge is -2.11. The van der Waals surface area contributed by atoms with Gasteiger partial charge in [0.25, 0.3) is 0 Å². The predicted molar refractivity (Wildman–Crippen MR) is 64.5 cm³/mol. The van der Waals surface area contributed by atoms with E-state index in [1.165, 1.54) is 25.7 Å². The van der Waals surface area contributed by atoms with Gasteiger partial charge in [-0.1, -0.05) is 12.8 Å².